The number of hydrogen-bond donors (Lipinski definition) is 1. The molecule has 1 saturated heterocycles. The summed E-state index contributed by atoms with van der Waals surface area (Å²) in [6.45, 7) is 2.56. The molecule has 1 aliphatic heterocycles. The molecule has 0 radical (unpaired) electrons. The van der Waals surface area contributed by atoms with Crippen LogP contribution in [0.4, 0.5) is 13.2 Å². The average molecular weight is 399 g/mol. The molecular formula is C20H28F3N3O2. The number of benzene rings is 1. The Labute approximate surface area is 163 Å². The number of nitrogens with zero attached hydrogens (tertiary/aromatic N) is 2. The Morgan fingerprint density at radius 2 is 1.93 bits per heavy atom. The summed E-state index contributed by atoms with van der Waals surface area (Å²) < 4.78 is 36.9. The minimum atomic E-state index is -4.21. The van der Waals surface area contributed by atoms with Gasteiger partial charge in [-0.15, -0.1) is 0 Å². The Kier molecular flexibility index (Phi) is 7.86. The quantitative estimate of drug-likeness (QED) is 0.718. The van der Waals surface area contributed by atoms with Crippen molar-refractivity contribution in [2.75, 3.05) is 39.8 Å². The van der Waals surface area contributed by atoms with E-state index in [2.05, 4.69) is 5.32 Å². The van der Waals surface area contributed by atoms with Crippen molar-refractivity contribution >= 4 is 11.8 Å². The fourth-order valence-electron chi connectivity index (χ4n) is 3.34. The largest absolute Gasteiger partial charge is 0.401 e. The minimum absolute atomic E-state index is 0.0775. The van der Waals surface area contributed by atoms with E-state index in [4.69, 9.17) is 0 Å². The van der Waals surface area contributed by atoms with E-state index < -0.39 is 12.7 Å². The molecule has 1 aromatic rings. The molecule has 2 rings (SSSR count). The van der Waals surface area contributed by atoms with Crippen LogP contribution in [-0.4, -0.2) is 67.6 Å². The molecule has 8 heteroatoms. The zero-order valence-electron chi connectivity index (χ0n) is 16.4. The van der Waals surface area contributed by atoms with Crippen molar-refractivity contribution in [3.05, 3.63) is 35.4 Å². The van der Waals surface area contributed by atoms with Gasteiger partial charge in [0.05, 0.1) is 12.5 Å². The van der Waals surface area contributed by atoms with E-state index in [0.717, 1.165) is 12.0 Å². The molecular weight excluding hydrogens is 371 g/mol. The first-order valence-corrected chi connectivity index (χ1v) is 9.54. The van der Waals surface area contributed by atoms with Crippen LogP contribution in [0.15, 0.2) is 24.3 Å². The van der Waals surface area contributed by atoms with Crippen molar-refractivity contribution in [3.63, 3.8) is 0 Å². The molecule has 0 aromatic heterocycles. The third-order valence-electron chi connectivity index (χ3n) is 4.84. The number of carbonyl (C=O) groups is 2. The summed E-state index contributed by atoms with van der Waals surface area (Å²) in [7, 11) is 1.41. The molecule has 1 N–H and O–H groups in total. The van der Waals surface area contributed by atoms with Crippen molar-refractivity contribution in [1.29, 1.82) is 0 Å². The van der Waals surface area contributed by atoms with Gasteiger partial charge in [-0.1, -0.05) is 17.7 Å². The van der Waals surface area contributed by atoms with Crippen molar-refractivity contribution < 1.29 is 22.8 Å². The van der Waals surface area contributed by atoms with Crippen molar-refractivity contribution in [3.8, 4) is 0 Å². The number of halogens is 3. The van der Waals surface area contributed by atoms with E-state index in [0.29, 0.717) is 38.0 Å². The van der Waals surface area contributed by atoms with Crippen molar-refractivity contribution in [2.24, 2.45) is 5.92 Å². The molecule has 1 heterocycles. The number of hydrogen-bond acceptors (Lipinski definition) is 3. The van der Waals surface area contributed by atoms with Gasteiger partial charge in [-0.2, -0.15) is 13.2 Å². The normalized spacial score (nSPS) is 17.6. The number of likely N-dealkylation sites (tertiary alicyclic amines) is 1. The highest BCUT2D eigenvalue weighted by molar-refractivity contribution is 5.94. The molecule has 0 saturated carbocycles. The first-order valence-electron chi connectivity index (χ1n) is 9.54. The van der Waals surface area contributed by atoms with Crippen LogP contribution < -0.4 is 5.32 Å². The van der Waals surface area contributed by atoms with E-state index in [1.807, 2.05) is 19.1 Å². The first kappa shape index (κ1) is 22.2. The summed E-state index contributed by atoms with van der Waals surface area (Å²) in [5.41, 5.74) is 1.69. The number of alkyl halides is 3. The van der Waals surface area contributed by atoms with Gasteiger partial charge in [0.1, 0.15) is 0 Å². The van der Waals surface area contributed by atoms with Gasteiger partial charge in [0.2, 0.25) is 5.91 Å². The van der Waals surface area contributed by atoms with Crippen molar-refractivity contribution in [2.45, 2.75) is 32.4 Å². The summed E-state index contributed by atoms with van der Waals surface area (Å²) in [5.74, 6) is -0.498. The lowest BCUT2D eigenvalue weighted by molar-refractivity contribution is -0.143. The Balaban J connectivity index is 1.76. The highest BCUT2D eigenvalue weighted by Gasteiger charge is 2.30. The topological polar surface area (TPSA) is 52.7 Å². The maximum Gasteiger partial charge on any atom is 0.401 e. The molecule has 5 nitrogen and oxygen atoms in total. The lowest BCUT2D eigenvalue weighted by Crippen LogP contribution is -2.45. The van der Waals surface area contributed by atoms with Crippen LogP contribution in [-0.2, 0) is 4.79 Å². The van der Waals surface area contributed by atoms with E-state index in [1.165, 1.54) is 11.9 Å². The summed E-state index contributed by atoms with van der Waals surface area (Å²) in [5, 5.41) is 2.79. The predicted octanol–water partition coefficient (Wildman–Crippen LogP) is 2.85. The van der Waals surface area contributed by atoms with Gasteiger partial charge in [-0.25, -0.2) is 0 Å². The molecule has 0 bridgehead atoms. The van der Waals surface area contributed by atoms with Gasteiger partial charge in [-0.05, 0) is 51.9 Å². The van der Waals surface area contributed by atoms with E-state index in [1.54, 1.807) is 17.0 Å². The first-order chi connectivity index (χ1) is 13.2. The zero-order chi connectivity index (χ0) is 20.7. The molecule has 1 aromatic carbocycles. The molecule has 1 unspecified atom stereocenters. The third kappa shape index (κ3) is 7.14. The summed E-state index contributed by atoms with van der Waals surface area (Å²) in [6, 6.07) is 7.35. The maximum atomic E-state index is 12.6. The van der Waals surface area contributed by atoms with E-state index in [9.17, 15) is 22.8 Å². The van der Waals surface area contributed by atoms with Gasteiger partial charge >= 0.3 is 6.18 Å². The van der Waals surface area contributed by atoms with Crippen LogP contribution in [0.2, 0.25) is 0 Å². The van der Waals surface area contributed by atoms with E-state index in [-0.39, 0.29) is 24.3 Å². The molecule has 1 aliphatic rings. The van der Waals surface area contributed by atoms with Crippen LogP contribution >= 0.6 is 0 Å². The van der Waals surface area contributed by atoms with Gasteiger partial charge in [0.25, 0.3) is 5.91 Å². The highest BCUT2D eigenvalue weighted by atomic mass is 19.4. The van der Waals surface area contributed by atoms with Crippen LogP contribution in [0.1, 0.15) is 35.2 Å². The molecule has 1 atom stereocenters. The number of amides is 2. The minimum Gasteiger partial charge on any atom is -0.356 e. The molecule has 28 heavy (non-hydrogen) atoms. The number of piperidine rings is 1. The van der Waals surface area contributed by atoms with Gasteiger partial charge in [-0.3, -0.25) is 14.5 Å². The number of rotatable bonds is 7. The number of carbonyl (C=O) groups excluding carboxylic acids is 2. The smallest absolute Gasteiger partial charge is 0.356 e. The fraction of sp³-hybridized carbons (Fsp3) is 0.600. The van der Waals surface area contributed by atoms with Gasteiger partial charge < -0.3 is 10.2 Å². The molecule has 0 spiro atoms. The summed E-state index contributed by atoms with van der Waals surface area (Å²) in [4.78, 5) is 27.9. The average Bonchev–Trinajstić information content (AvgIpc) is 2.64. The fourth-order valence-corrected chi connectivity index (χ4v) is 3.34. The third-order valence-corrected chi connectivity index (χ3v) is 4.84. The molecule has 2 amide bonds. The summed E-state index contributed by atoms with van der Waals surface area (Å²) in [6.07, 6.45) is -2.31. The lowest BCUT2D eigenvalue weighted by atomic mass is 9.96. The van der Waals surface area contributed by atoms with Crippen LogP contribution in [0.25, 0.3) is 0 Å². The van der Waals surface area contributed by atoms with Crippen LogP contribution in [0, 0.1) is 12.8 Å². The Morgan fingerprint density at radius 3 is 2.57 bits per heavy atom. The van der Waals surface area contributed by atoms with Crippen molar-refractivity contribution in [1.82, 2.24) is 15.1 Å². The van der Waals surface area contributed by atoms with Gasteiger partial charge in [0, 0.05) is 25.2 Å². The van der Waals surface area contributed by atoms with Crippen LogP contribution in [0.5, 0.6) is 0 Å². The Morgan fingerprint density at radius 1 is 1.25 bits per heavy atom. The molecule has 0 aliphatic carbocycles. The second-order valence-corrected chi connectivity index (χ2v) is 7.45. The zero-order valence-corrected chi connectivity index (χ0v) is 16.4. The second kappa shape index (κ2) is 9.91. The number of nitrogens with one attached hydrogen (secondary N) is 1. The monoisotopic (exact) mass is 399 g/mol. The highest BCUT2D eigenvalue weighted by Crippen LogP contribution is 2.19. The Bertz CT molecular complexity index is 662. The SMILES string of the molecule is Cc1ccc(C(=O)N2CCCC(C(=O)NCCCN(C)CC(F)(F)F)C2)cc1. The van der Waals surface area contributed by atoms with Gasteiger partial charge in [0.15, 0.2) is 0 Å². The predicted molar refractivity (Wildman–Crippen MR) is 101 cm³/mol. The number of aryl methyl sites for hydroxylation is 1. The summed E-state index contributed by atoms with van der Waals surface area (Å²) >= 11 is 0. The molecule has 1 fully saturated rings. The van der Waals surface area contributed by atoms with E-state index >= 15 is 0 Å². The lowest BCUT2D eigenvalue weighted by Gasteiger charge is -2.32. The second-order valence-electron chi connectivity index (χ2n) is 7.45. The molecule has 156 valence electrons. The maximum absolute atomic E-state index is 12.6. The van der Waals surface area contributed by atoms with Crippen LogP contribution in [0.3, 0.4) is 0 Å². The Hall–Kier alpha value is -2.09. The standard InChI is InChI=1S/C20H28F3N3O2/c1-15-6-8-16(9-7-15)19(28)26-12-3-5-17(13-26)18(27)24-10-4-11-25(2)14-20(21,22)23/h6-9,17H,3-5,10-14H2,1-2H3,(H,24,27).